The Morgan fingerprint density at radius 3 is 2.63 bits per heavy atom. The van der Waals surface area contributed by atoms with E-state index >= 15 is 0 Å². The molecule has 0 aromatic heterocycles. The van der Waals surface area contributed by atoms with Gasteiger partial charge in [0.15, 0.2) is 0 Å². The van der Waals surface area contributed by atoms with Crippen molar-refractivity contribution >= 4 is 5.97 Å². The highest BCUT2D eigenvalue weighted by atomic mass is 19.3. The summed E-state index contributed by atoms with van der Waals surface area (Å²) in [6.07, 6.45) is 2.51. The molecule has 186 valence electrons. The van der Waals surface area contributed by atoms with Crippen molar-refractivity contribution in [2.24, 2.45) is 5.92 Å². The van der Waals surface area contributed by atoms with Crippen molar-refractivity contribution in [2.45, 2.75) is 76.2 Å². The Morgan fingerprint density at radius 1 is 1.23 bits per heavy atom. The van der Waals surface area contributed by atoms with Gasteiger partial charge in [0, 0.05) is 17.9 Å². The Labute approximate surface area is 204 Å². The molecule has 1 saturated heterocycles. The molecule has 8 heteroatoms. The van der Waals surface area contributed by atoms with Crippen LogP contribution < -0.4 is 10.2 Å². The van der Waals surface area contributed by atoms with Gasteiger partial charge in [-0.05, 0) is 63.8 Å². The van der Waals surface area contributed by atoms with Crippen molar-refractivity contribution < 1.29 is 27.9 Å². The van der Waals surface area contributed by atoms with E-state index < -0.39 is 29.8 Å². The number of esters is 1. The lowest BCUT2D eigenvalue weighted by atomic mass is 9.64. The molecule has 1 unspecified atom stereocenters. The monoisotopic (exact) mass is 484 g/mol. The summed E-state index contributed by atoms with van der Waals surface area (Å²) < 4.78 is 36.7. The molecule has 0 radical (unpaired) electrons. The Bertz CT molecular complexity index is 1100. The Kier molecular flexibility index (Phi) is 7.11. The van der Waals surface area contributed by atoms with Gasteiger partial charge in [0.25, 0.3) is 0 Å². The third kappa shape index (κ3) is 5.47. The fourth-order valence-electron chi connectivity index (χ4n) is 5.37. The van der Waals surface area contributed by atoms with E-state index in [1.165, 1.54) is 12.1 Å². The smallest absolute Gasteiger partial charge is 0.387 e. The van der Waals surface area contributed by atoms with Crippen molar-refractivity contribution in [3.8, 4) is 11.8 Å². The number of nitrogens with zero attached hydrogens (tertiary/aromatic N) is 1. The number of halogens is 2. The average Bonchev–Trinajstić information content (AvgIpc) is 3.22. The molecule has 0 bridgehead atoms. The van der Waals surface area contributed by atoms with Crippen LogP contribution in [0.5, 0.6) is 5.75 Å². The maximum Gasteiger partial charge on any atom is 0.387 e. The van der Waals surface area contributed by atoms with E-state index in [4.69, 9.17) is 14.3 Å². The van der Waals surface area contributed by atoms with E-state index in [0.29, 0.717) is 30.4 Å². The number of carbonyl (C=O) groups excluding carboxylic acids is 1. The van der Waals surface area contributed by atoms with Crippen LogP contribution in [0.4, 0.5) is 8.78 Å². The van der Waals surface area contributed by atoms with Crippen LogP contribution in [0.3, 0.4) is 0 Å². The number of hydrogen-bond acceptors (Lipinski definition) is 6. The number of nitriles is 1. The number of hydroxylamine groups is 1. The maximum absolute atomic E-state index is 13.3. The zero-order valence-electron chi connectivity index (χ0n) is 20.1. The van der Waals surface area contributed by atoms with E-state index in [-0.39, 0.29) is 17.6 Å². The van der Waals surface area contributed by atoms with Gasteiger partial charge in [0.05, 0.1) is 29.2 Å². The number of ether oxygens (including phenoxy) is 2. The molecule has 1 saturated carbocycles. The van der Waals surface area contributed by atoms with Gasteiger partial charge in [-0.25, -0.2) is 0 Å². The highest BCUT2D eigenvalue weighted by molar-refractivity contribution is 5.75. The minimum atomic E-state index is -3.00. The standard InChI is InChI=1S/C27H30F2N2O4/c1-26(2,3)34-24(32)19-10-7-13-27(23(19)18-8-5-4-6-9-18)15-21(31-35-27)20-14-17(16-30)11-12-22(20)33-25(28)29/h4-6,8-9,11-12,14,19,21,23,25,31H,7,10,13,15H2,1-3H3/t19?,21-,23+,27+/m0/s1. The number of rotatable bonds is 5. The molecule has 2 aromatic rings. The second-order valence-electron chi connectivity index (χ2n) is 10.2. The summed E-state index contributed by atoms with van der Waals surface area (Å²) in [6.45, 7) is 2.54. The van der Waals surface area contributed by atoms with Gasteiger partial charge < -0.3 is 9.47 Å². The third-order valence-corrected chi connectivity index (χ3v) is 6.64. The molecule has 2 fully saturated rings. The summed E-state index contributed by atoms with van der Waals surface area (Å²) in [6, 6.07) is 15.6. The average molecular weight is 485 g/mol. The van der Waals surface area contributed by atoms with Gasteiger partial charge in [-0.3, -0.25) is 9.63 Å². The number of carbonyl (C=O) groups is 1. The summed E-state index contributed by atoms with van der Waals surface area (Å²) in [5.74, 6) is -1.00. The van der Waals surface area contributed by atoms with Crippen molar-refractivity contribution in [1.29, 1.82) is 5.26 Å². The molecule has 1 aliphatic carbocycles. The van der Waals surface area contributed by atoms with Gasteiger partial charge in [0.2, 0.25) is 0 Å². The molecular weight excluding hydrogens is 454 g/mol. The molecular formula is C27H30F2N2O4. The lowest BCUT2D eigenvalue weighted by molar-refractivity contribution is -0.170. The maximum atomic E-state index is 13.3. The summed E-state index contributed by atoms with van der Waals surface area (Å²) >= 11 is 0. The fourth-order valence-corrected chi connectivity index (χ4v) is 5.37. The van der Waals surface area contributed by atoms with Gasteiger partial charge >= 0.3 is 12.6 Å². The van der Waals surface area contributed by atoms with Crippen molar-refractivity contribution in [1.82, 2.24) is 5.48 Å². The lowest BCUT2D eigenvalue weighted by Gasteiger charge is -2.44. The minimum absolute atomic E-state index is 0.00656. The minimum Gasteiger partial charge on any atom is -0.460 e. The predicted molar refractivity (Wildman–Crippen MR) is 124 cm³/mol. The van der Waals surface area contributed by atoms with E-state index in [9.17, 15) is 18.8 Å². The van der Waals surface area contributed by atoms with Gasteiger partial charge in [-0.15, -0.1) is 0 Å². The van der Waals surface area contributed by atoms with Crippen molar-refractivity contribution in [3.63, 3.8) is 0 Å². The molecule has 1 N–H and O–H groups in total. The normalized spacial score (nSPS) is 26.5. The molecule has 2 aliphatic rings. The summed E-state index contributed by atoms with van der Waals surface area (Å²) in [4.78, 5) is 19.6. The SMILES string of the molecule is CC(C)(C)OC(=O)C1CCC[C@@]2(C[C@@H](c3cc(C#N)ccc3OC(F)F)NO2)[C@@H]1c1ccccc1. The first-order chi connectivity index (χ1) is 16.6. The second kappa shape index (κ2) is 9.92. The summed E-state index contributed by atoms with van der Waals surface area (Å²) in [7, 11) is 0. The van der Waals surface area contributed by atoms with Crippen LogP contribution in [0.1, 0.15) is 75.1 Å². The summed E-state index contributed by atoms with van der Waals surface area (Å²) in [5, 5.41) is 9.36. The zero-order chi connectivity index (χ0) is 25.2. The van der Waals surface area contributed by atoms with Crippen LogP contribution in [0.25, 0.3) is 0 Å². The molecule has 1 aliphatic heterocycles. The fraction of sp³-hybridized carbons (Fsp3) is 0.481. The van der Waals surface area contributed by atoms with E-state index in [1.54, 1.807) is 6.07 Å². The van der Waals surface area contributed by atoms with Crippen LogP contribution in [0, 0.1) is 17.2 Å². The highest BCUT2D eigenvalue weighted by Gasteiger charge is 2.55. The number of nitrogens with one attached hydrogen (secondary N) is 1. The molecule has 6 nitrogen and oxygen atoms in total. The molecule has 4 atom stereocenters. The van der Waals surface area contributed by atoms with Gasteiger partial charge in [-0.1, -0.05) is 30.3 Å². The first kappa shape index (κ1) is 25.1. The number of alkyl halides is 2. The van der Waals surface area contributed by atoms with Gasteiger partial charge in [0.1, 0.15) is 11.4 Å². The van der Waals surface area contributed by atoms with Crippen LogP contribution >= 0.6 is 0 Å². The molecule has 0 amide bonds. The van der Waals surface area contributed by atoms with E-state index in [1.807, 2.05) is 57.2 Å². The topological polar surface area (TPSA) is 80.6 Å². The largest absolute Gasteiger partial charge is 0.460 e. The number of benzene rings is 2. The van der Waals surface area contributed by atoms with E-state index in [0.717, 1.165) is 12.0 Å². The van der Waals surface area contributed by atoms with Crippen molar-refractivity contribution in [3.05, 3.63) is 65.2 Å². The third-order valence-electron chi connectivity index (χ3n) is 6.64. The summed E-state index contributed by atoms with van der Waals surface area (Å²) in [5.41, 5.74) is 3.34. The zero-order valence-corrected chi connectivity index (χ0v) is 20.1. The van der Waals surface area contributed by atoms with Crippen molar-refractivity contribution in [2.75, 3.05) is 0 Å². The lowest BCUT2D eigenvalue weighted by Crippen LogP contribution is -2.47. The Morgan fingerprint density at radius 2 is 1.97 bits per heavy atom. The van der Waals surface area contributed by atoms with Crippen LogP contribution in [0.15, 0.2) is 48.5 Å². The number of hydrogen-bond donors (Lipinski definition) is 1. The van der Waals surface area contributed by atoms with Gasteiger partial charge in [-0.2, -0.15) is 19.5 Å². The first-order valence-corrected chi connectivity index (χ1v) is 11.8. The molecule has 35 heavy (non-hydrogen) atoms. The van der Waals surface area contributed by atoms with Crippen LogP contribution in [-0.2, 0) is 14.4 Å². The predicted octanol–water partition coefficient (Wildman–Crippen LogP) is 5.79. The Hall–Kier alpha value is -3.02. The quantitative estimate of drug-likeness (QED) is 0.541. The highest BCUT2D eigenvalue weighted by Crippen LogP contribution is 2.54. The molecule has 1 spiro atoms. The molecule has 4 rings (SSSR count). The Balaban J connectivity index is 1.71. The van der Waals surface area contributed by atoms with Crippen LogP contribution in [-0.4, -0.2) is 23.8 Å². The second-order valence-corrected chi connectivity index (χ2v) is 10.2. The first-order valence-electron chi connectivity index (χ1n) is 11.8. The molecule has 1 heterocycles. The van der Waals surface area contributed by atoms with E-state index in [2.05, 4.69) is 5.48 Å². The van der Waals surface area contributed by atoms with Crippen LogP contribution in [0.2, 0.25) is 0 Å². The molecule has 2 aromatic carbocycles.